The van der Waals surface area contributed by atoms with Crippen LogP contribution >= 0.6 is 23.2 Å². The summed E-state index contributed by atoms with van der Waals surface area (Å²) in [5.74, 6) is 0. The Morgan fingerprint density at radius 3 is 2.44 bits per heavy atom. The SMILES string of the molecule is CN(C)CCOCCNCc1c(Cl)cccc1Cl. The number of hydrogen-bond donors (Lipinski definition) is 1. The van der Waals surface area contributed by atoms with Crippen molar-refractivity contribution < 1.29 is 4.74 Å². The lowest BCUT2D eigenvalue weighted by atomic mass is 10.2. The van der Waals surface area contributed by atoms with Gasteiger partial charge in [0, 0.05) is 35.2 Å². The van der Waals surface area contributed by atoms with Crippen LogP contribution in [0.2, 0.25) is 10.0 Å². The molecule has 0 radical (unpaired) electrons. The minimum Gasteiger partial charge on any atom is -0.379 e. The van der Waals surface area contributed by atoms with Crippen LogP contribution in [0.5, 0.6) is 0 Å². The van der Waals surface area contributed by atoms with E-state index in [1.54, 1.807) is 0 Å². The van der Waals surface area contributed by atoms with Crippen LogP contribution in [0.3, 0.4) is 0 Å². The van der Waals surface area contributed by atoms with E-state index in [1.165, 1.54) is 0 Å². The second-order valence-corrected chi connectivity index (χ2v) is 5.11. The molecule has 102 valence electrons. The third kappa shape index (κ3) is 6.03. The molecule has 3 nitrogen and oxygen atoms in total. The van der Waals surface area contributed by atoms with E-state index in [-0.39, 0.29) is 0 Å². The minimum absolute atomic E-state index is 0.662. The number of ether oxygens (including phenoxy) is 1. The fourth-order valence-electron chi connectivity index (χ4n) is 1.41. The van der Waals surface area contributed by atoms with Gasteiger partial charge in [-0.2, -0.15) is 0 Å². The van der Waals surface area contributed by atoms with Crippen molar-refractivity contribution in [2.24, 2.45) is 0 Å². The van der Waals surface area contributed by atoms with E-state index < -0.39 is 0 Å². The van der Waals surface area contributed by atoms with Crippen molar-refractivity contribution in [2.45, 2.75) is 6.54 Å². The highest BCUT2D eigenvalue weighted by molar-refractivity contribution is 6.35. The smallest absolute Gasteiger partial charge is 0.0593 e. The average molecular weight is 291 g/mol. The maximum absolute atomic E-state index is 6.07. The molecular formula is C13H20Cl2N2O. The first-order valence-corrected chi connectivity index (χ1v) is 6.73. The molecule has 0 heterocycles. The topological polar surface area (TPSA) is 24.5 Å². The molecule has 1 N–H and O–H groups in total. The van der Waals surface area contributed by atoms with Crippen LogP contribution in [0, 0.1) is 0 Å². The number of nitrogens with one attached hydrogen (secondary N) is 1. The molecule has 0 atom stereocenters. The normalized spacial score (nSPS) is 11.2. The molecule has 0 bridgehead atoms. The molecule has 0 aliphatic heterocycles. The van der Waals surface area contributed by atoms with Crippen molar-refractivity contribution in [1.29, 1.82) is 0 Å². The molecule has 0 unspecified atom stereocenters. The summed E-state index contributed by atoms with van der Waals surface area (Å²) in [7, 11) is 4.06. The zero-order chi connectivity index (χ0) is 13.4. The second kappa shape index (κ2) is 8.73. The molecule has 0 aliphatic carbocycles. The molecule has 1 rings (SSSR count). The van der Waals surface area contributed by atoms with Gasteiger partial charge in [0.1, 0.15) is 0 Å². The molecule has 18 heavy (non-hydrogen) atoms. The maximum atomic E-state index is 6.07. The van der Waals surface area contributed by atoms with Crippen molar-refractivity contribution in [2.75, 3.05) is 40.4 Å². The highest BCUT2D eigenvalue weighted by atomic mass is 35.5. The summed E-state index contributed by atoms with van der Waals surface area (Å²) >= 11 is 12.1. The van der Waals surface area contributed by atoms with Crippen molar-refractivity contribution in [3.63, 3.8) is 0 Å². The summed E-state index contributed by atoms with van der Waals surface area (Å²) in [6.45, 7) is 3.83. The molecule has 5 heteroatoms. The zero-order valence-corrected chi connectivity index (χ0v) is 12.4. The van der Waals surface area contributed by atoms with E-state index in [0.717, 1.165) is 25.3 Å². The van der Waals surface area contributed by atoms with Crippen molar-refractivity contribution in [3.8, 4) is 0 Å². The lowest BCUT2D eigenvalue weighted by Gasteiger charge is -2.11. The Labute approximate surface area is 119 Å². The number of nitrogens with zero attached hydrogens (tertiary/aromatic N) is 1. The van der Waals surface area contributed by atoms with Crippen LogP contribution in [0.4, 0.5) is 0 Å². The number of hydrogen-bond acceptors (Lipinski definition) is 3. The van der Waals surface area contributed by atoms with E-state index >= 15 is 0 Å². The summed E-state index contributed by atoms with van der Waals surface area (Å²) in [6, 6.07) is 5.54. The Balaban J connectivity index is 2.14. The van der Waals surface area contributed by atoms with Gasteiger partial charge < -0.3 is 15.0 Å². The first kappa shape index (κ1) is 15.7. The Kier molecular flexibility index (Phi) is 7.63. The van der Waals surface area contributed by atoms with Gasteiger partial charge in [-0.25, -0.2) is 0 Å². The molecule has 0 spiro atoms. The predicted octanol–water partition coefficient (Wildman–Crippen LogP) is 2.66. The summed E-state index contributed by atoms with van der Waals surface area (Å²) in [5.41, 5.74) is 0.939. The largest absolute Gasteiger partial charge is 0.379 e. The van der Waals surface area contributed by atoms with E-state index in [2.05, 4.69) is 10.2 Å². The van der Waals surface area contributed by atoms with Gasteiger partial charge in [0.05, 0.1) is 13.2 Å². The molecule has 0 saturated carbocycles. The van der Waals surface area contributed by atoms with Crippen LogP contribution < -0.4 is 5.32 Å². The highest BCUT2D eigenvalue weighted by Crippen LogP contribution is 2.23. The Hall–Kier alpha value is -0.320. The fraction of sp³-hybridized carbons (Fsp3) is 0.538. The predicted molar refractivity (Wildman–Crippen MR) is 77.5 cm³/mol. The van der Waals surface area contributed by atoms with Gasteiger partial charge in [-0.1, -0.05) is 29.3 Å². The number of benzene rings is 1. The lowest BCUT2D eigenvalue weighted by Crippen LogP contribution is -2.23. The lowest BCUT2D eigenvalue weighted by molar-refractivity contribution is 0.119. The third-order valence-electron chi connectivity index (χ3n) is 2.47. The molecule has 0 amide bonds. The van der Waals surface area contributed by atoms with Gasteiger partial charge in [0.25, 0.3) is 0 Å². The van der Waals surface area contributed by atoms with E-state index in [0.29, 0.717) is 23.2 Å². The van der Waals surface area contributed by atoms with Crippen LogP contribution in [0.15, 0.2) is 18.2 Å². The molecule has 0 aromatic heterocycles. The highest BCUT2D eigenvalue weighted by Gasteiger charge is 2.04. The average Bonchev–Trinajstić information content (AvgIpc) is 2.30. The van der Waals surface area contributed by atoms with Crippen molar-refractivity contribution in [1.82, 2.24) is 10.2 Å². The fourth-order valence-corrected chi connectivity index (χ4v) is 1.94. The van der Waals surface area contributed by atoms with Crippen LogP contribution in [0.25, 0.3) is 0 Å². The standard InChI is InChI=1S/C13H20Cl2N2O/c1-17(2)7-9-18-8-6-16-10-11-12(14)4-3-5-13(11)15/h3-5,16H,6-10H2,1-2H3. The Morgan fingerprint density at radius 1 is 1.17 bits per heavy atom. The van der Waals surface area contributed by atoms with Gasteiger partial charge in [0.2, 0.25) is 0 Å². The summed E-state index contributed by atoms with van der Waals surface area (Å²) in [4.78, 5) is 2.09. The van der Waals surface area contributed by atoms with Crippen LogP contribution in [-0.4, -0.2) is 45.3 Å². The number of halogens is 2. The first-order chi connectivity index (χ1) is 8.61. The Bertz CT molecular complexity index is 339. The molecule has 0 saturated heterocycles. The van der Waals surface area contributed by atoms with Crippen LogP contribution in [0.1, 0.15) is 5.56 Å². The third-order valence-corrected chi connectivity index (χ3v) is 3.18. The van der Waals surface area contributed by atoms with Gasteiger partial charge in [0.15, 0.2) is 0 Å². The maximum Gasteiger partial charge on any atom is 0.0593 e. The van der Waals surface area contributed by atoms with E-state index in [4.69, 9.17) is 27.9 Å². The quantitative estimate of drug-likeness (QED) is 0.745. The van der Waals surface area contributed by atoms with Gasteiger partial charge >= 0.3 is 0 Å². The summed E-state index contributed by atoms with van der Waals surface area (Å²) < 4.78 is 5.47. The minimum atomic E-state index is 0.662. The number of likely N-dealkylation sites (N-methyl/N-ethyl adjacent to an activating group) is 1. The molecule has 1 aromatic carbocycles. The molecule has 0 aliphatic rings. The molecule has 1 aromatic rings. The van der Waals surface area contributed by atoms with Gasteiger partial charge in [-0.05, 0) is 26.2 Å². The monoisotopic (exact) mass is 290 g/mol. The first-order valence-electron chi connectivity index (χ1n) is 5.97. The van der Waals surface area contributed by atoms with Crippen molar-refractivity contribution >= 4 is 23.2 Å². The van der Waals surface area contributed by atoms with Gasteiger partial charge in [-0.3, -0.25) is 0 Å². The molecular weight excluding hydrogens is 271 g/mol. The van der Waals surface area contributed by atoms with E-state index in [9.17, 15) is 0 Å². The number of rotatable bonds is 8. The van der Waals surface area contributed by atoms with Gasteiger partial charge in [-0.15, -0.1) is 0 Å². The Morgan fingerprint density at radius 2 is 1.83 bits per heavy atom. The summed E-state index contributed by atoms with van der Waals surface area (Å²) in [5, 5.41) is 4.66. The second-order valence-electron chi connectivity index (χ2n) is 4.29. The molecule has 0 fully saturated rings. The zero-order valence-electron chi connectivity index (χ0n) is 10.9. The van der Waals surface area contributed by atoms with Crippen LogP contribution in [-0.2, 0) is 11.3 Å². The summed E-state index contributed by atoms with van der Waals surface area (Å²) in [6.07, 6.45) is 0. The van der Waals surface area contributed by atoms with E-state index in [1.807, 2.05) is 32.3 Å². The van der Waals surface area contributed by atoms with Crippen molar-refractivity contribution in [3.05, 3.63) is 33.8 Å².